The first-order valence-corrected chi connectivity index (χ1v) is 10.2. The van der Waals surface area contributed by atoms with Crippen molar-refractivity contribution in [1.29, 1.82) is 0 Å². The van der Waals surface area contributed by atoms with Crippen LogP contribution in [0.3, 0.4) is 0 Å². The fourth-order valence-corrected chi connectivity index (χ4v) is 4.99. The number of carbonyl (C=O) groups is 2. The van der Waals surface area contributed by atoms with E-state index in [9.17, 15) is 18.4 Å². The van der Waals surface area contributed by atoms with Gasteiger partial charge < -0.3 is 4.90 Å². The number of para-hydroxylation sites is 1. The van der Waals surface area contributed by atoms with Gasteiger partial charge in [-0.05, 0) is 30.4 Å². The summed E-state index contributed by atoms with van der Waals surface area (Å²) >= 11 is 0. The third-order valence-electron chi connectivity index (χ3n) is 6.58. The van der Waals surface area contributed by atoms with Crippen molar-refractivity contribution in [3.8, 4) is 0 Å². The molecule has 1 spiro atoms. The zero-order valence-corrected chi connectivity index (χ0v) is 16.1. The number of halogens is 2. The molecule has 3 aliphatic rings. The zero-order chi connectivity index (χ0) is 19.7. The smallest absolute Gasteiger partial charge is 0.229 e. The summed E-state index contributed by atoms with van der Waals surface area (Å²) in [5, 5.41) is 0. The monoisotopic (exact) mass is 391 g/mol. The van der Waals surface area contributed by atoms with E-state index in [4.69, 9.17) is 0 Å². The van der Waals surface area contributed by atoms with E-state index in [1.807, 2.05) is 0 Å². The Morgan fingerprint density at radius 3 is 2.00 bits per heavy atom. The number of hydrogen-bond acceptors (Lipinski definition) is 4. The van der Waals surface area contributed by atoms with Crippen LogP contribution < -0.4 is 4.90 Å². The molecule has 3 fully saturated rings. The van der Waals surface area contributed by atoms with Crippen molar-refractivity contribution in [2.45, 2.75) is 38.5 Å². The highest BCUT2D eigenvalue weighted by molar-refractivity contribution is 5.98. The molecular weight excluding hydrogens is 364 g/mol. The summed E-state index contributed by atoms with van der Waals surface area (Å²) in [6.45, 7) is 3.34. The second-order valence-corrected chi connectivity index (χ2v) is 8.40. The molecule has 7 heteroatoms. The largest absolute Gasteiger partial charge is 0.364 e. The first-order valence-electron chi connectivity index (χ1n) is 10.2. The molecule has 2 aliphatic heterocycles. The first-order chi connectivity index (χ1) is 13.5. The van der Waals surface area contributed by atoms with E-state index in [0.717, 1.165) is 25.7 Å². The maximum absolute atomic E-state index is 14.0. The van der Waals surface area contributed by atoms with Crippen LogP contribution in [0.1, 0.15) is 38.5 Å². The summed E-state index contributed by atoms with van der Waals surface area (Å²) in [6, 6.07) is 3.91. The highest BCUT2D eigenvalue weighted by Gasteiger charge is 2.44. The van der Waals surface area contributed by atoms with Gasteiger partial charge in [0.1, 0.15) is 17.3 Å². The second-order valence-electron chi connectivity index (χ2n) is 8.40. The van der Waals surface area contributed by atoms with E-state index in [2.05, 4.69) is 4.90 Å². The Labute approximate surface area is 164 Å². The van der Waals surface area contributed by atoms with Crippen LogP contribution in [0.5, 0.6) is 0 Å². The van der Waals surface area contributed by atoms with Gasteiger partial charge in [-0.3, -0.25) is 19.4 Å². The van der Waals surface area contributed by atoms with Crippen LogP contribution in [0.2, 0.25) is 0 Å². The molecule has 0 radical (unpaired) electrons. The Balaban J connectivity index is 1.29. The molecule has 5 nitrogen and oxygen atoms in total. The van der Waals surface area contributed by atoms with Gasteiger partial charge in [0, 0.05) is 52.1 Å². The number of likely N-dealkylation sites (tertiary alicyclic amines) is 1. The van der Waals surface area contributed by atoms with E-state index in [1.165, 1.54) is 23.1 Å². The average Bonchev–Trinajstić information content (AvgIpc) is 3.09. The zero-order valence-electron chi connectivity index (χ0n) is 16.1. The van der Waals surface area contributed by atoms with E-state index in [1.54, 1.807) is 4.90 Å². The van der Waals surface area contributed by atoms with Gasteiger partial charge in [-0.15, -0.1) is 0 Å². The number of rotatable bonds is 4. The molecule has 4 rings (SSSR count). The van der Waals surface area contributed by atoms with Gasteiger partial charge in [0.05, 0.1) is 0 Å². The van der Waals surface area contributed by atoms with Crippen molar-refractivity contribution in [3.05, 3.63) is 29.8 Å². The summed E-state index contributed by atoms with van der Waals surface area (Å²) in [6.07, 6.45) is 5.22. The van der Waals surface area contributed by atoms with Gasteiger partial charge in [0.25, 0.3) is 0 Å². The number of hydrogen-bond donors (Lipinski definition) is 0. The summed E-state index contributed by atoms with van der Waals surface area (Å²) in [5.41, 5.74) is -0.0365. The highest BCUT2D eigenvalue weighted by Crippen LogP contribution is 2.46. The summed E-state index contributed by atoms with van der Waals surface area (Å²) in [4.78, 5) is 30.4. The van der Waals surface area contributed by atoms with E-state index in [0.29, 0.717) is 52.1 Å². The minimum atomic E-state index is -0.543. The first kappa shape index (κ1) is 19.3. The molecule has 0 aromatic heterocycles. The maximum Gasteiger partial charge on any atom is 0.229 e. The predicted molar refractivity (Wildman–Crippen MR) is 102 cm³/mol. The molecule has 1 aromatic carbocycles. The Kier molecular flexibility index (Phi) is 5.36. The van der Waals surface area contributed by atoms with Gasteiger partial charge in [0.15, 0.2) is 0 Å². The lowest BCUT2D eigenvalue weighted by Crippen LogP contribution is -2.52. The van der Waals surface area contributed by atoms with Gasteiger partial charge in [-0.25, -0.2) is 8.78 Å². The van der Waals surface area contributed by atoms with Crippen molar-refractivity contribution < 1.29 is 18.4 Å². The SMILES string of the molecule is O=C1CC2(CCCC2)CC(=O)N1CCN1CCN(c2c(F)cccc2F)CC1. The Morgan fingerprint density at radius 1 is 0.857 bits per heavy atom. The lowest BCUT2D eigenvalue weighted by molar-refractivity contribution is -0.153. The molecule has 2 saturated heterocycles. The Bertz CT molecular complexity index is 716. The van der Waals surface area contributed by atoms with E-state index < -0.39 is 11.6 Å². The molecule has 2 heterocycles. The Hall–Kier alpha value is -2.02. The minimum absolute atomic E-state index is 0.0328. The topological polar surface area (TPSA) is 43.9 Å². The number of carbonyl (C=O) groups excluding carboxylic acids is 2. The van der Waals surface area contributed by atoms with Crippen molar-refractivity contribution >= 4 is 17.5 Å². The predicted octanol–water partition coefficient (Wildman–Crippen LogP) is 2.80. The maximum atomic E-state index is 14.0. The van der Waals surface area contributed by atoms with Crippen LogP contribution in [0.15, 0.2) is 18.2 Å². The number of amides is 2. The number of piperazine rings is 1. The summed E-state index contributed by atoms with van der Waals surface area (Å²) in [7, 11) is 0. The van der Waals surface area contributed by atoms with E-state index >= 15 is 0 Å². The standard InChI is InChI=1S/C21H27F2N3O2/c22-16-4-3-5-17(23)20(16)25-11-8-24(9-12-25)10-13-26-18(27)14-21(15-19(26)28)6-1-2-7-21/h3-5H,1-2,6-15H2. The van der Waals surface area contributed by atoms with Gasteiger partial charge in [-0.1, -0.05) is 18.9 Å². The van der Waals surface area contributed by atoms with Crippen molar-refractivity contribution in [3.63, 3.8) is 0 Å². The molecule has 1 saturated carbocycles. The normalized spacial score (nSPS) is 23.1. The van der Waals surface area contributed by atoms with Crippen LogP contribution in [0, 0.1) is 17.0 Å². The molecule has 152 valence electrons. The molecule has 0 bridgehead atoms. The molecule has 0 N–H and O–H groups in total. The van der Waals surface area contributed by atoms with Crippen LogP contribution >= 0.6 is 0 Å². The van der Waals surface area contributed by atoms with Crippen LogP contribution in [-0.4, -0.2) is 60.9 Å². The number of anilines is 1. The van der Waals surface area contributed by atoms with Crippen LogP contribution in [0.25, 0.3) is 0 Å². The summed E-state index contributed by atoms with van der Waals surface area (Å²) in [5.74, 6) is -1.16. The lowest BCUT2D eigenvalue weighted by Gasteiger charge is -2.39. The van der Waals surface area contributed by atoms with Gasteiger partial charge in [0.2, 0.25) is 11.8 Å². The third kappa shape index (κ3) is 3.77. The summed E-state index contributed by atoms with van der Waals surface area (Å²) < 4.78 is 27.9. The molecule has 1 aliphatic carbocycles. The van der Waals surface area contributed by atoms with Crippen LogP contribution in [-0.2, 0) is 9.59 Å². The Morgan fingerprint density at radius 2 is 1.43 bits per heavy atom. The number of benzene rings is 1. The van der Waals surface area contributed by atoms with Crippen LogP contribution in [0.4, 0.5) is 14.5 Å². The van der Waals surface area contributed by atoms with E-state index in [-0.39, 0.29) is 22.9 Å². The van der Waals surface area contributed by atoms with Crippen molar-refractivity contribution in [2.24, 2.45) is 5.41 Å². The number of nitrogens with zero attached hydrogens (tertiary/aromatic N) is 3. The minimum Gasteiger partial charge on any atom is -0.364 e. The highest BCUT2D eigenvalue weighted by atomic mass is 19.1. The fourth-order valence-electron chi connectivity index (χ4n) is 4.99. The third-order valence-corrected chi connectivity index (χ3v) is 6.58. The van der Waals surface area contributed by atoms with Crippen molar-refractivity contribution in [1.82, 2.24) is 9.80 Å². The molecular formula is C21H27F2N3O2. The second kappa shape index (κ2) is 7.78. The molecule has 0 atom stereocenters. The fraction of sp³-hybridized carbons (Fsp3) is 0.619. The van der Waals surface area contributed by atoms with Crippen molar-refractivity contribution in [2.75, 3.05) is 44.2 Å². The van der Waals surface area contributed by atoms with Gasteiger partial charge >= 0.3 is 0 Å². The molecule has 28 heavy (non-hydrogen) atoms. The molecule has 1 aromatic rings. The average molecular weight is 391 g/mol. The van der Waals surface area contributed by atoms with Gasteiger partial charge in [-0.2, -0.15) is 0 Å². The quantitative estimate of drug-likeness (QED) is 0.741. The number of imide groups is 1. The molecule has 2 amide bonds. The molecule has 0 unspecified atom stereocenters. The lowest BCUT2D eigenvalue weighted by atomic mass is 9.76. The number of piperidine rings is 1.